The molecule has 6 nitrogen and oxygen atoms in total. The Bertz CT molecular complexity index is 825. The highest BCUT2D eigenvalue weighted by molar-refractivity contribution is 7.89. The van der Waals surface area contributed by atoms with Crippen LogP contribution in [0.2, 0.25) is 10.0 Å². The monoisotopic (exact) mass is 360 g/mol. The fourth-order valence-electron chi connectivity index (χ4n) is 1.58. The summed E-state index contributed by atoms with van der Waals surface area (Å²) in [6, 6.07) is 9.54. The molecule has 0 aliphatic rings. The van der Waals surface area contributed by atoms with Gasteiger partial charge in [0.05, 0.1) is 10.0 Å². The van der Waals surface area contributed by atoms with Gasteiger partial charge in [-0.15, -0.1) is 4.83 Å². The molecule has 22 heavy (non-hydrogen) atoms. The fourth-order valence-corrected chi connectivity index (χ4v) is 3.18. The summed E-state index contributed by atoms with van der Waals surface area (Å²) in [6.45, 7) is 0. The van der Waals surface area contributed by atoms with Crippen LogP contribution in [0.4, 0.5) is 0 Å². The lowest BCUT2D eigenvalue weighted by Gasteiger charge is -2.10. The number of phenolic OH excluding ortho intramolecular Hbond substituents is 1. The zero-order chi connectivity index (χ0) is 16.3. The Morgan fingerprint density at radius 3 is 2.45 bits per heavy atom. The topological polar surface area (TPSA) is 95.5 Å². The molecule has 0 unspecified atom stereocenters. The average Bonchev–Trinajstić information content (AvgIpc) is 2.47. The van der Waals surface area contributed by atoms with E-state index in [0.29, 0.717) is 0 Å². The molecule has 0 spiro atoms. The number of sulfonamides is 1. The van der Waals surface area contributed by atoms with Gasteiger partial charge in [-0.1, -0.05) is 35.3 Å². The SMILES string of the molecule is O=C(NNS(=O)(=O)c1cccc(Cl)c1Cl)c1cccc(O)c1. The van der Waals surface area contributed by atoms with E-state index in [1.54, 1.807) is 0 Å². The summed E-state index contributed by atoms with van der Waals surface area (Å²) in [5.74, 6) is -0.856. The van der Waals surface area contributed by atoms with Crippen molar-refractivity contribution in [1.29, 1.82) is 0 Å². The summed E-state index contributed by atoms with van der Waals surface area (Å²) < 4.78 is 24.2. The van der Waals surface area contributed by atoms with Gasteiger partial charge >= 0.3 is 0 Å². The summed E-state index contributed by atoms with van der Waals surface area (Å²) in [5, 5.41) is 9.21. The van der Waals surface area contributed by atoms with Crippen molar-refractivity contribution in [1.82, 2.24) is 10.3 Å². The number of phenols is 1. The first kappa shape index (κ1) is 16.6. The minimum atomic E-state index is -4.09. The van der Waals surface area contributed by atoms with Crippen molar-refractivity contribution in [3.05, 3.63) is 58.1 Å². The molecule has 3 N–H and O–H groups in total. The van der Waals surface area contributed by atoms with Gasteiger partial charge in [0, 0.05) is 5.56 Å². The molecule has 0 saturated heterocycles. The summed E-state index contributed by atoms with van der Waals surface area (Å²) in [7, 11) is -4.09. The average molecular weight is 361 g/mol. The second-order valence-electron chi connectivity index (χ2n) is 4.16. The number of benzene rings is 2. The Morgan fingerprint density at radius 2 is 1.77 bits per heavy atom. The third-order valence-corrected chi connectivity index (χ3v) is 4.83. The van der Waals surface area contributed by atoms with E-state index in [-0.39, 0.29) is 26.3 Å². The van der Waals surface area contributed by atoms with Crippen molar-refractivity contribution in [2.24, 2.45) is 0 Å². The Kier molecular flexibility index (Phi) is 4.92. The van der Waals surface area contributed by atoms with E-state index in [0.717, 1.165) is 0 Å². The molecule has 0 atom stereocenters. The van der Waals surface area contributed by atoms with Crippen molar-refractivity contribution in [3.8, 4) is 5.75 Å². The molecule has 1 amide bonds. The molecule has 116 valence electrons. The van der Waals surface area contributed by atoms with Gasteiger partial charge in [-0.05, 0) is 30.3 Å². The standard InChI is InChI=1S/C13H10Cl2N2O4S/c14-10-5-2-6-11(12(10)15)22(20,21)17-16-13(19)8-3-1-4-9(18)7-8/h1-7,17-18H,(H,16,19). The number of hydrogen-bond donors (Lipinski definition) is 3. The van der Waals surface area contributed by atoms with E-state index in [2.05, 4.69) is 0 Å². The number of carbonyl (C=O) groups excluding carboxylic acids is 1. The van der Waals surface area contributed by atoms with Crippen LogP contribution in [0.3, 0.4) is 0 Å². The van der Waals surface area contributed by atoms with Gasteiger partial charge in [0.1, 0.15) is 10.6 Å². The van der Waals surface area contributed by atoms with Crippen molar-refractivity contribution < 1.29 is 18.3 Å². The van der Waals surface area contributed by atoms with E-state index < -0.39 is 15.9 Å². The Morgan fingerprint density at radius 1 is 1.09 bits per heavy atom. The lowest BCUT2D eigenvalue weighted by Crippen LogP contribution is -2.41. The third kappa shape index (κ3) is 3.69. The zero-order valence-electron chi connectivity index (χ0n) is 10.9. The van der Waals surface area contributed by atoms with Gasteiger partial charge in [-0.2, -0.15) is 0 Å². The van der Waals surface area contributed by atoms with Gasteiger partial charge < -0.3 is 5.11 Å². The quantitative estimate of drug-likeness (QED) is 0.729. The van der Waals surface area contributed by atoms with Gasteiger partial charge in [0.25, 0.3) is 15.9 Å². The molecule has 0 aliphatic carbocycles. The molecule has 0 bridgehead atoms. The lowest BCUT2D eigenvalue weighted by molar-refractivity contribution is 0.0944. The number of nitrogens with one attached hydrogen (secondary N) is 2. The first-order chi connectivity index (χ1) is 10.3. The second-order valence-corrected chi connectivity index (χ2v) is 6.60. The largest absolute Gasteiger partial charge is 0.508 e. The van der Waals surface area contributed by atoms with Gasteiger partial charge in [-0.25, -0.2) is 8.42 Å². The van der Waals surface area contributed by atoms with Gasteiger partial charge in [0.2, 0.25) is 0 Å². The highest BCUT2D eigenvalue weighted by Crippen LogP contribution is 2.28. The Hall–Kier alpha value is -1.80. The van der Waals surface area contributed by atoms with Crippen LogP contribution in [-0.2, 0) is 10.0 Å². The molecule has 2 aromatic rings. The van der Waals surface area contributed by atoms with Crippen LogP contribution in [0.25, 0.3) is 0 Å². The van der Waals surface area contributed by atoms with E-state index in [1.165, 1.54) is 42.5 Å². The predicted octanol–water partition coefficient (Wildman–Crippen LogP) is 2.32. The molecule has 9 heteroatoms. The number of halogens is 2. The molecule has 0 radical (unpaired) electrons. The number of hydrazine groups is 1. The van der Waals surface area contributed by atoms with Crippen molar-refractivity contribution in [3.63, 3.8) is 0 Å². The lowest BCUT2D eigenvalue weighted by atomic mass is 10.2. The second kappa shape index (κ2) is 6.53. The molecule has 2 rings (SSSR count). The summed E-state index contributed by atoms with van der Waals surface area (Å²) >= 11 is 11.6. The molecular formula is C13H10Cl2N2O4S. The van der Waals surface area contributed by atoms with E-state index in [4.69, 9.17) is 23.2 Å². The first-order valence-electron chi connectivity index (χ1n) is 5.86. The van der Waals surface area contributed by atoms with Crippen LogP contribution in [0.5, 0.6) is 5.75 Å². The normalized spacial score (nSPS) is 11.2. The smallest absolute Gasteiger partial charge is 0.266 e. The third-order valence-electron chi connectivity index (χ3n) is 2.61. The molecule has 0 saturated carbocycles. The van der Waals surface area contributed by atoms with Crippen molar-refractivity contribution in [2.75, 3.05) is 0 Å². The van der Waals surface area contributed by atoms with Crippen LogP contribution in [-0.4, -0.2) is 19.4 Å². The number of hydrogen-bond acceptors (Lipinski definition) is 4. The molecule has 0 heterocycles. The van der Waals surface area contributed by atoms with Crippen molar-refractivity contribution >= 4 is 39.1 Å². The van der Waals surface area contributed by atoms with E-state index >= 15 is 0 Å². The van der Waals surface area contributed by atoms with Crippen LogP contribution >= 0.6 is 23.2 Å². The summed E-state index contributed by atoms with van der Waals surface area (Å²) in [5.41, 5.74) is 2.11. The highest BCUT2D eigenvalue weighted by atomic mass is 35.5. The number of carbonyl (C=O) groups is 1. The van der Waals surface area contributed by atoms with E-state index in [9.17, 15) is 18.3 Å². The minimum Gasteiger partial charge on any atom is -0.508 e. The molecule has 0 fully saturated rings. The molecule has 0 aromatic heterocycles. The Labute approximate surface area is 136 Å². The maximum Gasteiger partial charge on any atom is 0.266 e. The molecular weight excluding hydrogens is 351 g/mol. The van der Waals surface area contributed by atoms with Gasteiger partial charge in [0.15, 0.2) is 0 Å². The Balaban J connectivity index is 2.16. The van der Waals surface area contributed by atoms with E-state index in [1.807, 2.05) is 10.3 Å². The minimum absolute atomic E-state index is 0.0730. The van der Waals surface area contributed by atoms with Gasteiger partial charge in [-0.3, -0.25) is 10.2 Å². The van der Waals surface area contributed by atoms with Crippen LogP contribution in [0.15, 0.2) is 47.4 Å². The van der Waals surface area contributed by atoms with Crippen LogP contribution < -0.4 is 10.3 Å². The molecule has 0 aliphatic heterocycles. The summed E-state index contributed by atoms with van der Waals surface area (Å²) in [4.78, 5) is 13.5. The predicted molar refractivity (Wildman–Crippen MR) is 82.4 cm³/mol. The first-order valence-corrected chi connectivity index (χ1v) is 8.10. The van der Waals surface area contributed by atoms with Crippen LogP contribution in [0, 0.1) is 0 Å². The van der Waals surface area contributed by atoms with Crippen LogP contribution in [0.1, 0.15) is 10.4 Å². The highest BCUT2D eigenvalue weighted by Gasteiger charge is 2.20. The summed E-state index contributed by atoms with van der Waals surface area (Å²) in [6.07, 6.45) is 0. The number of amides is 1. The maximum atomic E-state index is 12.1. The molecule has 2 aromatic carbocycles. The van der Waals surface area contributed by atoms with Crippen molar-refractivity contribution in [2.45, 2.75) is 4.90 Å². The number of aromatic hydroxyl groups is 1. The fraction of sp³-hybridized carbons (Fsp3) is 0. The maximum absolute atomic E-state index is 12.1. The zero-order valence-corrected chi connectivity index (χ0v) is 13.2. The number of rotatable bonds is 4.